The highest BCUT2D eigenvalue weighted by Gasteiger charge is 2.52. The number of nitrogens with one attached hydrogen (secondary N) is 3. The van der Waals surface area contributed by atoms with Crippen molar-refractivity contribution in [3.05, 3.63) is 39.3 Å². The molecule has 0 spiro atoms. The molecule has 2 aliphatic rings. The molecule has 0 radical (unpaired) electrons. The van der Waals surface area contributed by atoms with Gasteiger partial charge in [0.1, 0.15) is 4.21 Å². The number of hydrogen-bond acceptors (Lipinski definition) is 10. The predicted octanol–water partition coefficient (Wildman–Crippen LogP) is 4.69. The van der Waals surface area contributed by atoms with Crippen molar-refractivity contribution in [1.29, 1.82) is 0 Å². The molecule has 1 aliphatic carbocycles. The third-order valence-corrected chi connectivity index (χ3v) is 11.4. The van der Waals surface area contributed by atoms with Crippen LogP contribution in [0.25, 0.3) is 0 Å². The van der Waals surface area contributed by atoms with Crippen LogP contribution in [0.1, 0.15) is 65.5 Å². The third kappa shape index (κ3) is 8.38. The van der Waals surface area contributed by atoms with Gasteiger partial charge in [0, 0.05) is 42.1 Å². The van der Waals surface area contributed by atoms with Gasteiger partial charge in [0.05, 0.1) is 21.4 Å². The summed E-state index contributed by atoms with van der Waals surface area (Å²) in [6, 6.07) is 5.37. The Labute approximate surface area is 261 Å². The first-order valence-corrected chi connectivity index (χ1v) is 17.2. The molecule has 3 aromatic heterocycles. The monoisotopic (exact) mass is 730 g/mol. The normalized spacial score (nSPS) is 17.6. The van der Waals surface area contributed by atoms with Crippen LogP contribution in [0.3, 0.4) is 0 Å². The van der Waals surface area contributed by atoms with Crippen LogP contribution in [0.4, 0.5) is 11.6 Å². The van der Waals surface area contributed by atoms with Gasteiger partial charge < -0.3 is 19.9 Å². The number of anilines is 2. The lowest BCUT2D eigenvalue weighted by atomic mass is 9.88. The van der Waals surface area contributed by atoms with Crippen molar-refractivity contribution in [1.82, 2.24) is 25.5 Å². The molecule has 1 aliphatic heterocycles. The zero-order valence-electron chi connectivity index (χ0n) is 23.5. The SMILES string of the molecule is Brc1ncc(Br)c(Nc2cc(C3CC3)[nH]n2)n1.CC(=O)NCCCS(=O)(=O)c1ccc(B2OC(C)(C)C(C)(C)O2)s1. The lowest BCUT2D eigenvalue weighted by Gasteiger charge is -2.32. The molecule has 222 valence electrons. The van der Waals surface area contributed by atoms with E-state index < -0.39 is 28.2 Å². The Morgan fingerprint density at radius 1 is 1.20 bits per heavy atom. The molecule has 1 amide bonds. The third-order valence-electron chi connectivity index (χ3n) is 6.93. The second kappa shape index (κ2) is 12.8. The molecule has 3 N–H and O–H groups in total. The first-order chi connectivity index (χ1) is 19.2. The first kappa shape index (κ1) is 32.1. The van der Waals surface area contributed by atoms with E-state index in [9.17, 15) is 13.2 Å². The van der Waals surface area contributed by atoms with Gasteiger partial charge in [0.15, 0.2) is 26.2 Å². The fraction of sp³-hybridized carbons (Fsp3) is 0.520. The Bertz CT molecular complexity index is 1480. The smallest absolute Gasteiger partial charge is 0.399 e. The fourth-order valence-electron chi connectivity index (χ4n) is 3.77. The predicted molar refractivity (Wildman–Crippen MR) is 167 cm³/mol. The minimum Gasteiger partial charge on any atom is -0.399 e. The zero-order valence-corrected chi connectivity index (χ0v) is 28.3. The van der Waals surface area contributed by atoms with Gasteiger partial charge in [-0.2, -0.15) is 5.10 Å². The van der Waals surface area contributed by atoms with Crippen LogP contribution in [0, 0.1) is 0 Å². The number of aromatic amines is 1. The second-order valence-electron chi connectivity index (χ2n) is 10.8. The minimum atomic E-state index is -3.37. The summed E-state index contributed by atoms with van der Waals surface area (Å²) in [7, 11) is -3.92. The number of H-pyrrole nitrogens is 1. The molecule has 1 saturated heterocycles. The molecule has 0 atom stereocenters. The Morgan fingerprint density at radius 3 is 2.51 bits per heavy atom. The highest BCUT2D eigenvalue weighted by molar-refractivity contribution is 9.11. The van der Waals surface area contributed by atoms with E-state index in [0.717, 1.165) is 15.1 Å². The van der Waals surface area contributed by atoms with E-state index in [1.165, 1.54) is 36.8 Å². The largest absolute Gasteiger partial charge is 0.505 e. The summed E-state index contributed by atoms with van der Waals surface area (Å²) in [6.07, 6.45) is 4.58. The lowest BCUT2D eigenvalue weighted by molar-refractivity contribution is -0.118. The fourth-order valence-corrected chi connectivity index (χ4v) is 7.09. The summed E-state index contributed by atoms with van der Waals surface area (Å²) in [4.78, 5) is 19.1. The topological polar surface area (TPSA) is 148 Å². The van der Waals surface area contributed by atoms with E-state index in [4.69, 9.17) is 9.31 Å². The average molecular weight is 732 g/mol. The molecule has 1 saturated carbocycles. The Morgan fingerprint density at radius 2 is 1.88 bits per heavy atom. The number of carbonyl (C=O) groups excluding carboxylic acids is 1. The van der Waals surface area contributed by atoms with E-state index >= 15 is 0 Å². The van der Waals surface area contributed by atoms with Crippen LogP contribution < -0.4 is 15.4 Å². The second-order valence-corrected chi connectivity index (χ2v) is 15.9. The number of amides is 1. The number of rotatable bonds is 9. The van der Waals surface area contributed by atoms with Gasteiger partial charge in [-0.1, -0.05) is 6.07 Å². The van der Waals surface area contributed by atoms with Crippen molar-refractivity contribution >= 4 is 82.5 Å². The summed E-state index contributed by atoms with van der Waals surface area (Å²) in [6.45, 7) is 9.59. The van der Waals surface area contributed by atoms with Gasteiger partial charge in [0.25, 0.3) is 0 Å². The minimum absolute atomic E-state index is 0.00337. The molecule has 41 heavy (non-hydrogen) atoms. The van der Waals surface area contributed by atoms with Crippen molar-refractivity contribution < 1.29 is 22.5 Å². The number of hydrogen-bond donors (Lipinski definition) is 3. The maximum absolute atomic E-state index is 12.4. The van der Waals surface area contributed by atoms with Crippen molar-refractivity contribution in [2.45, 2.75) is 75.2 Å². The van der Waals surface area contributed by atoms with Crippen LogP contribution in [0.2, 0.25) is 0 Å². The number of sulfone groups is 1. The summed E-state index contributed by atoms with van der Waals surface area (Å²) in [5, 5.41) is 13.0. The van der Waals surface area contributed by atoms with E-state index in [2.05, 4.69) is 62.7 Å². The van der Waals surface area contributed by atoms with Crippen molar-refractivity contribution in [3.8, 4) is 0 Å². The highest BCUT2D eigenvalue weighted by Crippen LogP contribution is 2.40. The summed E-state index contributed by atoms with van der Waals surface area (Å²) >= 11 is 7.80. The molecule has 3 aromatic rings. The van der Waals surface area contributed by atoms with Gasteiger partial charge >= 0.3 is 7.12 Å². The van der Waals surface area contributed by atoms with Crippen molar-refractivity contribution in [3.63, 3.8) is 0 Å². The standard InChI is InChI=1S/C15H24BNO5S2.C10H9Br2N5/c1-11(18)17-9-6-10-24(19,20)13-8-7-12(23-13)16-21-14(2,3)15(4,5)22-16;11-6-4-13-10(12)15-9(6)14-8-3-7(16-17-8)5-1-2-5/h7-8H,6,9-10H2,1-5H3,(H,17,18);3-5H,1-2H2,(H2,13,14,15,16,17). The molecule has 0 aromatic carbocycles. The maximum atomic E-state index is 12.4. The van der Waals surface area contributed by atoms with E-state index in [-0.39, 0.29) is 11.7 Å². The summed E-state index contributed by atoms with van der Waals surface area (Å²) < 4.78 is 39.0. The molecule has 16 heteroatoms. The van der Waals surface area contributed by atoms with Crippen LogP contribution in [-0.4, -0.2) is 65.1 Å². The number of halogens is 2. The van der Waals surface area contributed by atoms with Crippen LogP contribution >= 0.6 is 43.2 Å². The van der Waals surface area contributed by atoms with E-state index in [0.29, 0.717) is 33.6 Å². The number of aromatic nitrogens is 4. The zero-order chi connectivity index (χ0) is 30.0. The van der Waals surface area contributed by atoms with Crippen LogP contribution in [0.15, 0.2) is 37.8 Å². The first-order valence-electron chi connectivity index (χ1n) is 13.1. The van der Waals surface area contributed by atoms with E-state index in [1.807, 2.05) is 33.8 Å². The summed E-state index contributed by atoms with van der Waals surface area (Å²) in [5.41, 5.74) is 0.273. The Balaban J connectivity index is 0.000000199. The molecule has 0 unspecified atom stereocenters. The van der Waals surface area contributed by atoms with Gasteiger partial charge in [-0.15, -0.1) is 11.3 Å². The van der Waals surface area contributed by atoms with Crippen molar-refractivity contribution in [2.24, 2.45) is 0 Å². The molecular weight excluding hydrogens is 699 g/mol. The van der Waals surface area contributed by atoms with Gasteiger partial charge in [-0.3, -0.25) is 9.89 Å². The maximum Gasteiger partial charge on any atom is 0.505 e. The van der Waals surface area contributed by atoms with Gasteiger partial charge in [0.2, 0.25) is 5.91 Å². The van der Waals surface area contributed by atoms with Gasteiger partial charge in [-0.05, 0) is 84.9 Å². The lowest BCUT2D eigenvalue weighted by Crippen LogP contribution is -2.41. The van der Waals surface area contributed by atoms with Crippen LogP contribution in [0.5, 0.6) is 0 Å². The molecule has 2 fully saturated rings. The van der Waals surface area contributed by atoms with Gasteiger partial charge in [-0.25, -0.2) is 18.4 Å². The van der Waals surface area contributed by atoms with Crippen LogP contribution in [-0.2, 0) is 23.9 Å². The number of thiophene rings is 1. The summed E-state index contributed by atoms with van der Waals surface area (Å²) in [5.74, 6) is 1.97. The Kier molecular flexibility index (Phi) is 10.0. The van der Waals surface area contributed by atoms with E-state index in [1.54, 1.807) is 18.3 Å². The molecule has 0 bridgehead atoms. The number of carbonyl (C=O) groups is 1. The average Bonchev–Trinajstić information content (AvgIpc) is 3.31. The number of nitrogens with zero attached hydrogens (tertiary/aromatic N) is 3. The molecule has 4 heterocycles. The quantitative estimate of drug-likeness (QED) is 0.162. The molecule has 11 nitrogen and oxygen atoms in total. The molecular formula is C25H33BBr2N6O5S2. The highest BCUT2D eigenvalue weighted by atomic mass is 79.9. The Hall–Kier alpha value is -1.85. The van der Waals surface area contributed by atoms with Crippen molar-refractivity contribution in [2.75, 3.05) is 17.6 Å². The molecule has 5 rings (SSSR count).